The molecule has 0 saturated carbocycles. The maximum absolute atomic E-state index is 12.1. The minimum absolute atomic E-state index is 0.118. The van der Waals surface area contributed by atoms with Gasteiger partial charge < -0.3 is 4.57 Å². The predicted octanol–water partition coefficient (Wildman–Crippen LogP) is 2.19. The number of amides is 1. The van der Waals surface area contributed by atoms with E-state index in [1.807, 2.05) is 7.05 Å². The number of hydrogen-bond donors (Lipinski definition) is 1. The summed E-state index contributed by atoms with van der Waals surface area (Å²) in [5, 5.41) is 13.2. The average molecular weight is 303 g/mol. The van der Waals surface area contributed by atoms with Crippen molar-refractivity contribution in [1.82, 2.24) is 14.5 Å². The number of rotatable bonds is 3. The number of carbonyl (C=O) groups is 1. The zero-order valence-corrected chi connectivity index (χ0v) is 11.6. The Bertz CT molecular complexity index is 854. The normalized spacial score (nSPS) is 10.7. The van der Waals surface area contributed by atoms with Gasteiger partial charge in [0, 0.05) is 12.6 Å². The van der Waals surface area contributed by atoms with Crippen molar-refractivity contribution in [2.24, 2.45) is 7.05 Å². The van der Waals surface area contributed by atoms with Gasteiger partial charge >= 0.3 is 5.00 Å². The summed E-state index contributed by atoms with van der Waals surface area (Å²) in [5.74, 6) is -0.373. The Balaban J connectivity index is 1.85. The third-order valence-corrected chi connectivity index (χ3v) is 3.75. The van der Waals surface area contributed by atoms with E-state index in [0.29, 0.717) is 5.56 Å². The van der Waals surface area contributed by atoms with Gasteiger partial charge in [-0.05, 0) is 29.5 Å². The molecule has 0 radical (unpaired) electrons. The monoisotopic (exact) mass is 303 g/mol. The Morgan fingerprint density at radius 3 is 2.95 bits per heavy atom. The molecule has 1 amide bonds. The van der Waals surface area contributed by atoms with Crippen LogP contribution in [0.5, 0.6) is 0 Å². The largest absolute Gasteiger partial charge is 0.345 e. The number of anilines is 1. The second kappa shape index (κ2) is 4.94. The van der Waals surface area contributed by atoms with Crippen LogP contribution in [0, 0.1) is 10.1 Å². The van der Waals surface area contributed by atoms with E-state index in [9.17, 15) is 14.9 Å². The molecule has 0 saturated heterocycles. The number of nitrogens with one attached hydrogen (secondary N) is 1. The minimum Gasteiger partial charge on any atom is -0.334 e. The van der Waals surface area contributed by atoms with E-state index < -0.39 is 4.92 Å². The van der Waals surface area contributed by atoms with E-state index in [1.165, 1.54) is 0 Å². The Kier molecular flexibility index (Phi) is 3.10. The topological polar surface area (TPSA) is 103 Å². The van der Waals surface area contributed by atoms with Gasteiger partial charge in [0.1, 0.15) is 6.20 Å². The Morgan fingerprint density at radius 1 is 1.43 bits per heavy atom. The quantitative estimate of drug-likeness (QED) is 0.590. The maximum atomic E-state index is 12.1. The number of carbonyl (C=O) groups excluding carboxylic acids is 1. The van der Waals surface area contributed by atoms with Crippen LogP contribution >= 0.6 is 11.3 Å². The molecule has 3 rings (SSSR count). The van der Waals surface area contributed by atoms with Crippen molar-refractivity contribution in [1.29, 1.82) is 0 Å². The molecule has 1 aromatic carbocycles. The fourth-order valence-corrected chi connectivity index (χ4v) is 2.47. The van der Waals surface area contributed by atoms with E-state index in [4.69, 9.17) is 0 Å². The Labute approximate surface area is 122 Å². The summed E-state index contributed by atoms with van der Waals surface area (Å²) in [6.45, 7) is 0. The summed E-state index contributed by atoms with van der Waals surface area (Å²) < 4.78 is 1.81. The van der Waals surface area contributed by atoms with E-state index in [1.54, 1.807) is 29.1 Å². The van der Waals surface area contributed by atoms with Crippen molar-refractivity contribution in [2.45, 2.75) is 0 Å². The fourth-order valence-electron chi connectivity index (χ4n) is 1.84. The highest BCUT2D eigenvalue weighted by molar-refractivity contribution is 7.18. The van der Waals surface area contributed by atoms with Gasteiger partial charge in [0.05, 0.1) is 22.3 Å². The number of thiazole rings is 1. The van der Waals surface area contributed by atoms with Crippen LogP contribution in [0.1, 0.15) is 10.4 Å². The SMILES string of the molecule is Cn1cnc2ccc(C(=O)Nc3ncc([N+](=O)[O-])s3)cc21. The smallest absolute Gasteiger partial charge is 0.334 e. The molecule has 0 atom stereocenters. The van der Waals surface area contributed by atoms with Gasteiger partial charge in [-0.2, -0.15) is 0 Å². The number of nitro groups is 1. The van der Waals surface area contributed by atoms with Crippen LogP contribution in [0.3, 0.4) is 0 Å². The van der Waals surface area contributed by atoms with Gasteiger partial charge in [0.15, 0.2) is 5.13 Å². The number of benzene rings is 1. The van der Waals surface area contributed by atoms with Gasteiger partial charge in [-0.1, -0.05) is 0 Å². The Hall–Kier alpha value is -2.81. The first-order valence-corrected chi connectivity index (χ1v) is 6.69. The molecule has 8 nitrogen and oxygen atoms in total. The number of aromatic nitrogens is 3. The molecule has 1 N–H and O–H groups in total. The van der Waals surface area contributed by atoms with E-state index in [-0.39, 0.29) is 16.0 Å². The standard InChI is InChI=1S/C12H9N5O3S/c1-16-6-14-8-3-2-7(4-9(8)16)11(18)15-12-13-5-10(21-12)17(19)20/h2-6H,1H3,(H,13,15,18). The third-order valence-electron chi connectivity index (χ3n) is 2.88. The highest BCUT2D eigenvalue weighted by Gasteiger charge is 2.15. The minimum atomic E-state index is -0.547. The summed E-state index contributed by atoms with van der Waals surface area (Å²) in [6.07, 6.45) is 2.78. The van der Waals surface area contributed by atoms with Gasteiger partial charge in [-0.15, -0.1) is 0 Å². The van der Waals surface area contributed by atoms with Crippen molar-refractivity contribution >= 4 is 38.4 Å². The van der Waals surface area contributed by atoms with Crippen molar-refractivity contribution in [3.8, 4) is 0 Å². The Morgan fingerprint density at radius 2 is 2.24 bits per heavy atom. The summed E-state index contributed by atoms with van der Waals surface area (Å²) in [7, 11) is 1.83. The lowest BCUT2D eigenvalue weighted by Crippen LogP contribution is -2.11. The van der Waals surface area contributed by atoms with Crippen molar-refractivity contribution in [3.05, 3.63) is 46.4 Å². The van der Waals surface area contributed by atoms with Crippen molar-refractivity contribution in [3.63, 3.8) is 0 Å². The lowest BCUT2D eigenvalue weighted by Gasteiger charge is -2.02. The molecule has 106 valence electrons. The molecule has 0 unspecified atom stereocenters. The molecule has 0 bridgehead atoms. The van der Waals surface area contributed by atoms with Gasteiger partial charge in [-0.25, -0.2) is 9.97 Å². The zero-order chi connectivity index (χ0) is 15.0. The molecule has 9 heteroatoms. The van der Waals surface area contributed by atoms with Crippen LogP contribution in [0.15, 0.2) is 30.7 Å². The van der Waals surface area contributed by atoms with Crippen LogP contribution in [-0.4, -0.2) is 25.4 Å². The van der Waals surface area contributed by atoms with Crippen LogP contribution in [0.4, 0.5) is 10.1 Å². The number of imidazole rings is 1. The predicted molar refractivity (Wildman–Crippen MR) is 77.4 cm³/mol. The van der Waals surface area contributed by atoms with Crippen LogP contribution in [0.25, 0.3) is 11.0 Å². The molecular weight excluding hydrogens is 294 g/mol. The number of hydrogen-bond acceptors (Lipinski definition) is 6. The van der Waals surface area contributed by atoms with Gasteiger partial charge in [-0.3, -0.25) is 20.2 Å². The van der Waals surface area contributed by atoms with Crippen molar-refractivity contribution < 1.29 is 9.72 Å². The zero-order valence-electron chi connectivity index (χ0n) is 10.8. The lowest BCUT2D eigenvalue weighted by atomic mass is 10.2. The highest BCUT2D eigenvalue weighted by atomic mass is 32.1. The summed E-state index contributed by atoms with van der Waals surface area (Å²) in [5.41, 5.74) is 2.05. The summed E-state index contributed by atoms with van der Waals surface area (Å²) in [6, 6.07) is 5.10. The van der Waals surface area contributed by atoms with Gasteiger partial charge in [0.2, 0.25) is 0 Å². The molecule has 0 aliphatic heterocycles. The number of fused-ring (bicyclic) bond motifs is 1. The maximum Gasteiger partial charge on any atom is 0.345 e. The number of nitrogens with zero attached hydrogens (tertiary/aromatic N) is 4. The first-order valence-electron chi connectivity index (χ1n) is 5.87. The third kappa shape index (κ3) is 2.46. The molecule has 2 heterocycles. The van der Waals surface area contributed by atoms with Crippen molar-refractivity contribution in [2.75, 3.05) is 5.32 Å². The van der Waals surface area contributed by atoms with Gasteiger partial charge in [0.25, 0.3) is 5.91 Å². The summed E-state index contributed by atoms with van der Waals surface area (Å²) >= 11 is 0.813. The summed E-state index contributed by atoms with van der Waals surface area (Å²) in [4.78, 5) is 30.1. The molecule has 0 fully saturated rings. The van der Waals surface area contributed by atoms with Crippen LogP contribution < -0.4 is 5.32 Å². The average Bonchev–Trinajstić information content (AvgIpc) is 3.06. The lowest BCUT2D eigenvalue weighted by molar-refractivity contribution is -0.380. The molecule has 0 aliphatic rings. The fraction of sp³-hybridized carbons (Fsp3) is 0.0833. The van der Waals surface area contributed by atoms with Crippen LogP contribution in [-0.2, 0) is 7.05 Å². The van der Waals surface area contributed by atoms with Crippen LogP contribution in [0.2, 0.25) is 0 Å². The second-order valence-electron chi connectivity index (χ2n) is 4.27. The molecular formula is C12H9N5O3S. The highest BCUT2D eigenvalue weighted by Crippen LogP contribution is 2.25. The molecule has 3 aromatic rings. The molecule has 2 aromatic heterocycles. The number of aryl methyl sites for hydroxylation is 1. The molecule has 21 heavy (non-hydrogen) atoms. The molecule has 0 spiro atoms. The van der Waals surface area contributed by atoms with E-state index >= 15 is 0 Å². The first-order chi connectivity index (χ1) is 10.0. The molecule has 0 aliphatic carbocycles. The van der Waals surface area contributed by atoms with E-state index in [2.05, 4.69) is 15.3 Å². The van der Waals surface area contributed by atoms with E-state index in [0.717, 1.165) is 28.6 Å². The second-order valence-corrected chi connectivity index (χ2v) is 5.28. The first kappa shape index (κ1) is 13.2.